The standard InChI is InChI=1S/C20H25NO2/c1-4-18(16-11-7-5-8-12-16)20(23)21(3)15(2)19(22)17-13-9-6-10-14-17/h5-15,18-19,22H,4H2,1-3H3/t15-,18+,19+/m0/s1. The Morgan fingerprint density at radius 2 is 1.48 bits per heavy atom. The van der Waals surface area contributed by atoms with Crippen LogP contribution in [0.2, 0.25) is 0 Å². The molecule has 0 saturated heterocycles. The van der Waals surface area contributed by atoms with Crippen LogP contribution in [-0.2, 0) is 4.79 Å². The van der Waals surface area contributed by atoms with E-state index in [1.807, 2.05) is 74.5 Å². The van der Waals surface area contributed by atoms with Crippen LogP contribution in [0.4, 0.5) is 0 Å². The molecule has 1 N–H and O–H groups in total. The van der Waals surface area contributed by atoms with Gasteiger partial charge in [0.15, 0.2) is 0 Å². The van der Waals surface area contributed by atoms with Gasteiger partial charge in [0.1, 0.15) is 0 Å². The predicted octanol–water partition coefficient (Wildman–Crippen LogP) is 3.76. The number of carbonyl (C=O) groups is 1. The van der Waals surface area contributed by atoms with Crippen molar-refractivity contribution in [1.29, 1.82) is 0 Å². The van der Waals surface area contributed by atoms with E-state index in [0.29, 0.717) is 0 Å². The molecule has 0 spiro atoms. The second kappa shape index (κ2) is 7.93. The molecule has 0 unspecified atom stereocenters. The molecule has 0 heterocycles. The lowest BCUT2D eigenvalue weighted by Gasteiger charge is -2.32. The molecule has 3 atom stereocenters. The van der Waals surface area contributed by atoms with Crippen LogP contribution in [0.3, 0.4) is 0 Å². The zero-order valence-corrected chi connectivity index (χ0v) is 14.0. The van der Waals surface area contributed by atoms with Crippen molar-refractivity contribution in [2.24, 2.45) is 0 Å². The first-order valence-electron chi connectivity index (χ1n) is 8.10. The molecule has 2 aromatic carbocycles. The second-order valence-corrected chi connectivity index (χ2v) is 5.92. The average molecular weight is 311 g/mol. The normalized spacial score (nSPS) is 14.8. The minimum Gasteiger partial charge on any atom is -0.386 e. The van der Waals surface area contributed by atoms with E-state index in [4.69, 9.17) is 0 Å². The fourth-order valence-electron chi connectivity index (χ4n) is 2.83. The molecule has 2 rings (SSSR count). The summed E-state index contributed by atoms with van der Waals surface area (Å²) in [6, 6.07) is 19.0. The molecule has 0 fully saturated rings. The van der Waals surface area contributed by atoms with Gasteiger partial charge >= 0.3 is 0 Å². The van der Waals surface area contributed by atoms with Crippen molar-refractivity contribution in [3.63, 3.8) is 0 Å². The molecule has 23 heavy (non-hydrogen) atoms. The maximum atomic E-state index is 12.9. The SMILES string of the molecule is CC[C@@H](C(=O)N(C)[C@@H](C)[C@@H](O)c1ccccc1)c1ccccc1. The zero-order chi connectivity index (χ0) is 16.8. The summed E-state index contributed by atoms with van der Waals surface area (Å²) in [6.45, 7) is 3.90. The summed E-state index contributed by atoms with van der Waals surface area (Å²) in [5.74, 6) is -0.132. The third-order valence-corrected chi connectivity index (χ3v) is 4.46. The summed E-state index contributed by atoms with van der Waals surface area (Å²) in [7, 11) is 1.77. The number of hydrogen-bond donors (Lipinski definition) is 1. The van der Waals surface area contributed by atoms with Crippen LogP contribution in [0.1, 0.15) is 43.4 Å². The maximum Gasteiger partial charge on any atom is 0.230 e. The van der Waals surface area contributed by atoms with Crippen LogP contribution in [-0.4, -0.2) is 29.0 Å². The highest BCUT2D eigenvalue weighted by molar-refractivity contribution is 5.83. The van der Waals surface area contributed by atoms with Crippen molar-refractivity contribution in [2.75, 3.05) is 7.05 Å². The van der Waals surface area contributed by atoms with Crippen molar-refractivity contribution in [3.05, 3.63) is 71.8 Å². The van der Waals surface area contributed by atoms with Gasteiger partial charge in [0.2, 0.25) is 5.91 Å². The molecule has 3 heteroatoms. The third-order valence-electron chi connectivity index (χ3n) is 4.46. The molecule has 1 amide bonds. The van der Waals surface area contributed by atoms with Gasteiger partial charge < -0.3 is 10.0 Å². The van der Waals surface area contributed by atoms with E-state index in [2.05, 4.69) is 0 Å². The number of hydrogen-bond acceptors (Lipinski definition) is 2. The number of amides is 1. The Balaban J connectivity index is 2.14. The van der Waals surface area contributed by atoms with Gasteiger partial charge in [-0.15, -0.1) is 0 Å². The van der Waals surface area contributed by atoms with Gasteiger partial charge in [-0.05, 0) is 24.5 Å². The summed E-state index contributed by atoms with van der Waals surface area (Å²) in [4.78, 5) is 14.5. The predicted molar refractivity (Wildman–Crippen MR) is 93.1 cm³/mol. The molecule has 0 saturated carbocycles. The number of likely N-dealkylation sites (N-methyl/N-ethyl adjacent to an activating group) is 1. The largest absolute Gasteiger partial charge is 0.386 e. The second-order valence-electron chi connectivity index (χ2n) is 5.92. The monoisotopic (exact) mass is 311 g/mol. The number of aliphatic hydroxyl groups excluding tert-OH is 1. The van der Waals surface area contributed by atoms with E-state index >= 15 is 0 Å². The van der Waals surface area contributed by atoms with Gasteiger partial charge in [0, 0.05) is 7.05 Å². The van der Waals surface area contributed by atoms with Gasteiger partial charge in [-0.25, -0.2) is 0 Å². The van der Waals surface area contributed by atoms with E-state index < -0.39 is 6.10 Å². The molecular formula is C20H25NO2. The number of carbonyl (C=O) groups excluding carboxylic acids is 1. The first-order chi connectivity index (χ1) is 11.1. The Morgan fingerprint density at radius 3 is 1.96 bits per heavy atom. The smallest absolute Gasteiger partial charge is 0.230 e. The van der Waals surface area contributed by atoms with Crippen molar-refractivity contribution in [3.8, 4) is 0 Å². The number of nitrogens with zero attached hydrogens (tertiary/aromatic N) is 1. The van der Waals surface area contributed by atoms with Crippen molar-refractivity contribution in [1.82, 2.24) is 4.90 Å². The Morgan fingerprint density at radius 1 is 1.00 bits per heavy atom. The van der Waals surface area contributed by atoms with E-state index in [1.54, 1.807) is 11.9 Å². The molecule has 2 aromatic rings. The van der Waals surface area contributed by atoms with E-state index in [1.165, 1.54) is 0 Å². The zero-order valence-electron chi connectivity index (χ0n) is 14.0. The van der Waals surface area contributed by atoms with Crippen molar-refractivity contribution >= 4 is 5.91 Å². The van der Waals surface area contributed by atoms with Crippen molar-refractivity contribution in [2.45, 2.75) is 38.3 Å². The summed E-state index contributed by atoms with van der Waals surface area (Å²) in [5.41, 5.74) is 1.85. The minimum absolute atomic E-state index is 0.0428. The molecule has 3 nitrogen and oxygen atoms in total. The van der Waals surface area contributed by atoms with Crippen LogP contribution in [0, 0.1) is 0 Å². The molecule has 122 valence electrons. The summed E-state index contributed by atoms with van der Waals surface area (Å²) >= 11 is 0. The third kappa shape index (κ3) is 3.99. The highest BCUT2D eigenvalue weighted by atomic mass is 16.3. The Hall–Kier alpha value is -2.13. The number of rotatable bonds is 6. The Kier molecular flexibility index (Phi) is 5.94. The van der Waals surface area contributed by atoms with Crippen LogP contribution >= 0.6 is 0 Å². The summed E-state index contributed by atoms with van der Waals surface area (Å²) < 4.78 is 0. The van der Waals surface area contributed by atoms with E-state index in [0.717, 1.165) is 17.5 Å². The van der Waals surface area contributed by atoms with Gasteiger partial charge in [0.05, 0.1) is 18.1 Å². The first kappa shape index (κ1) is 17.2. The van der Waals surface area contributed by atoms with Gasteiger partial charge in [-0.1, -0.05) is 67.6 Å². The Labute approximate surface area is 138 Å². The molecule has 0 aliphatic carbocycles. The quantitative estimate of drug-likeness (QED) is 0.882. The first-order valence-corrected chi connectivity index (χ1v) is 8.10. The fourth-order valence-corrected chi connectivity index (χ4v) is 2.83. The highest BCUT2D eigenvalue weighted by Gasteiger charge is 2.28. The van der Waals surface area contributed by atoms with Crippen LogP contribution in [0.5, 0.6) is 0 Å². The minimum atomic E-state index is -0.696. The van der Waals surface area contributed by atoms with Gasteiger partial charge in [-0.2, -0.15) is 0 Å². The fraction of sp³-hybridized carbons (Fsp3) is 0.350. The lowest BCUT2D eigenvalue weighted by atomic mass is 9.93. The van der Waals surface area contributed by atoms with Crippen LogP contribution in [0.15, 0.2) is 60.7 Å². The molecule has 0 aliphatic rings. The Bertz CT molecular complexity index is 612. The molecular weight excluding hydrogens is 286 g/mol. The highest BCUT2D eigenvalue weighted by Crippen LogP contribution is 2.26. The van der Waals surface area contributed by atoms with Crippen molar-refractivity contribution < 1.29 is 9.90 Å². The van der Waals surface area contributed by atoms with E-state index in [-0.39, 0.29) is 17.9 Å². The molecule has 0 aromatic heterocycles. The van der Waals surface area contributed by atoms with Crippen LogP contribution < -0.4 is 0 Å². The number of aliphatic hydroxyl groups is 1. The molecule has 0 bridgehead atoms. The molecule has 0 aliphatic heterocycles. The average Bonchev–Trinajstić information content (AvgIpc) is 2.62. The lowest BCUT2D eigenvalue weighted by molar-refractivity contribution is -0.135. The number of benzene rings is 2. The van der Waals surface area contributed by atoms with Crippen LogP contribution in [0.25, 0.3) is 0 Å². The maximum absolute atomic E-state index is 12.9. The molecule has 0 radical (unpaired) electrons. The van der Waals surface area contributed by atoms with E-state index in [9.17, 15) is 9.90 Å². The lowest BCUT2D eigenvalue weighted by Crippen LogP contribution is -2.41. The van der Waals surface area contributed by atoms with Gasteiger partial charge in [0.25, 0.3) is 0 Å². The summed E-state index contributed by atoms with van der Waals surface area (Å²) in [5, 5.41) is 10.5. The van der Waals surface area contributed by atoms with Gasteiger partial charge in [-0.3, -0.25) is 4.79 Å². The summed E-state index contributed by atoms with van der Waals surface area (Å²) in [6.07, 6.45) is 0.0415. The topological polar surface area (TPSA) is 40.5 Å².